The van der Waals surface area contributed by atoms with Crippen molar-refractivity contribution in [2.24, 2.45) is 0 Å². The molecular formula is C31H37Cl2N3O4S. The lowest BCUT2D eigenvalue weighted by Crippen LogP contribution is -2.54. The summed E-state index contributed by atoms with van der Waals surface area (Å²) in [6.07, 6.45) is 1.57. The summed E-state index contributed by atoms with van der Waals surface area (Å²) in [5, 5.41) is 3.36. The molecule has 0 spiro atoms. The molecule has 0 saturated heterocycles. The molecule has 0 aliphatic carbocycles. The topological polar surface area (TPSA) is 86.8 Å². The van der Waals surface area contributed by atoms with Crippen molar-refractivity contribution in [2.45, 2.75) is 63.9 Å². The molecule has 220 valence electrons. The normalized spacial score (nSPS) is 12.8. The summed E-state index contributed by atoms with van der Waals surface area (Å²) in [4.78, 5) is 28.9. The van der Waals surface area contributed by atoms with E-state index >= 15 is 0 Å². The standard InChI is InChI=1S/C31H37Cl2N3O4S/c1-5-23(4)34-31(38)28(6-2)35(19-18-24-10-8-7-9-11-24)30(37)21-36(29-20-25(32)14-17-27(29)33)41(39,40)26-15-12-22(3)13-16-26/h7-17,20,23,28H,5-6,18-19,21H2,1-4H3,(H,34,38)/t23-,28-/m1/s1. The summed E-state index contributed by atoms with van der Waals surface area (Å²) in [5.74, 6) is -0.809. The zero-order valence-corrected chi connectivity index (χ0v) is 26.1. The highest BCUT2D eigenvalue weighted by atomic mass is 35.5. The van der Waals surface area contributed by atoms with Gasteiger partial charge in [0.15, 0.2) is 0 Å². The van der Waals surface area contributed by atoms with Crippen molar-refractivity contribution >= 4 is 50.7 Å². The maximum absolute atomic E-state index is 14.1. The second-order valence-corrected chi connectivity index (χ2v) is 12.7. The Kier molecular flexibility index (Phi) is 11.6. The molecule has 3 rings (SSSR count). The molecule has 0 heterocycles. The molecule has 2 atom stereocenters. The quantitative estimate of drug-likeness (QED) is 0.245. The van der Waals surface area contributed by atoms with Gasteiger partial charge in [-0.1, -0.05) is 85.1 Å². The summed E-state index contributed by atoms with van der Waals surface area (Å²) in [7, 11) is -4.24. The highest BCUT2D eigenvalue weighted by molar-refractivity contribution is 7.92. The van der Waals surface area contributed by atoms with E-state index in [4.69, 9.17) is 23.2 Å². The van der Waals surface area contributed by atoms with E-state index < -0.39 is 28.5 Å². The van der Waals surface area contributed by atoms with E-state index in [0.29, 0.717) is 12.8 Å². The molecule has 0 radical (unpaired) electrons. The number of anilines is 1. The molecule has 0 aliphatic rings. The van der Waals surface area contributed by atoms with Crippen LogP contribution in [0.5, 0.6) is 0 Å². The van der Waals surface area contributed by atoms with Crippen LogP contribution >= 0.6 is 23.2 Å². The number of rotatable bonds is 13. The monoisotopic (exact) mass is 617 g/mol. The third kappa shape index (κ3) is 8.47. The number of amides is 2. The zero-order valence-electron chi connectivity index (χ0n) is 23.8. The molecule has 0 fully saturated rings. The maximum Gasteiger partial charge on any atom is 0.264 e. The Hall–Kier alpha value is -3.07. The molecule has 10 heteroatoms. The molecule has 7 nitrogen and oxygen atoms in total. The van der Waals surface area contributed by atoms with Crippen molar-refractivity contribution in [3.05, 3.63) is 94.0 Å². The maximum atomic E-state index is 14.1. The molecule has 3 aromatic carbocycles. The number of benzene rings is 3. The van der Waals surface area contributed by atoms with Crippen LogP contribution in [0.4, 0.5) is 5.69 Å². The molecule has 0 aliphatic heterocycles. The molecule has 1 N–H and O–H groups in total. The Bertz CT molecular complexity index is 1430. The van der Waals surface area contributed by atoms with Crippen LogP contribution in [0.25, 0.3) is 0 Å². The van der Waals surface area contributed by atoms with Crippen LogP contribution in [0.1, 0.15) is 44.7 Å². The molecule has 0 bridgehead atoms. The summed E-state index contributed by atoms with van der Waals surface area (Å²) in [5.41, 5.74) is 1.95. The van der Waals surface area contributed by atoms with E-state index in [-0.39, 0.29) is 39.1 Å². The molecule has 2 amide bonds. The Morgan fingerprint density at radius 2 is 1.59 bits per heavy atom. The van der Waals surface area contributed by atoms with Crippen molar-refractivity contribution in [3.8, 4) is 0 Å². The van der Waals surface area contributed by atoms with Crippen LogP contribution in [-0.4, -0.2) is 50.3 Å². The van der Waals surface area contributed by atoms with Crippen molar-refractivity contribution in [1.29, 1.82) is 0 Å². The van der Waals surface area contributed by atoms with Crippen molar-refractivity contribution < 1.29 is 18.0 Å². The van der Waals surface area contributed by atoms with E-state index in [1.54, 1.807) is 18.2 Å². The highest BCUT2D eigenvalue weighted by Crippen LogP contribution is 2.33. The van der Waals surface area contributed by atoms with Crippen LogP contribution < -0.4 is 9.62 Å². The van der Waals surface area contributed by atoms with Gasteiger partial charge in [-0.15, -0.1) is 0 Å². The first-order valence-corrected chi connectivity index (χ1v) is 15.9. The smallest absolute Gasteiger partial charge is 0.264 e. The SMILES string of the molecule is CC[C@@H](C)NC(=O)[C@@H](CC)N(CCc1ccccc1)C(=O)CN(c1cc(Cl)ccc1Cl)S(=O)(=O)c1ccc(C)cc1. The number of carbonyl (C=O) groups excluding carboxylic acids is 2. The molecule has 3 aromatic rings. The largest absolute Gasteiger partial charge is 0.352 e. The van der Waals surface area contributed by atoms with E-state index in [1.165, 1.54) is 29.2 Å². The summed E-state index contributed by atoms with van der Waals surface area (Å²) >= 11 is 12.7. The third-order valence-electron chi connectivity index (χ3n) is 6.94. The van der Waals surface area contributed by atoms with Gasteiger partial charge in [0.1, 0.15) is 12.6 Å². The first-order valence-electron chi connectivity index (χ1n) is 13.7. The first-order chi connectivity index (χ1) is 19.5. The van der Waals surface area contributed by atoms with Crippen LogP contribution in [0.15, 0.2) is 77.7 Å². The van der Waals surface area contributed by atoms with Gasteiger partial charge in [0.25, 0.3) is 10.0 Å². The number of hydrogen-bond acceptors (Lipinski definition) is 4. The predicted molar refractivity (Wildman–Crippen MR) is 166 cm³/mol. The fourth-order valence-corrected chi connectivity index (χ4v) is 6.23. The number of halogens is 2. The Labute approximate surface area is 253 Å². The molecule has 0 unspecified atom stereocenters. The van der Waals surface area contributed by atoms with Crippen molar-refractivity contribution in [3.63, 3.8) is 0 Å². The number of aryl methyl sites for hydroxylation is 1. The Balaban J connectivity index is 2.05. The van der Waals surface area contributed by atoms with Gasteiger partial charge >= 0.3 is 0 Å². The van der Waals surface area contributed by atoms with Gasteiger partial charge < -0.3 is 10.2 Å². The van der Waals surface area contributed by atoms with Gasteiger partial charge in [-0.05, 0) is 69.0 Å². The first kappa shape index (κ1) is 32.4. The van der Waals surface area contributed by atoms with E-state index in [9.17, 15) is 18.0 Å². The van der Waals surface area contributed by atoms with Gasteiger partial charge in [-0.2, -0.15) is 0 Å². The Morgan fingerprint density at radius 1 is 0.927 bits per heavy atom. The lowest BCUT2D eigenvalue weighted by Gasteiger charge is -2.34. The number of carbonyl (C=O) groups is 2. The second-order valence-electron chi connectivity index (χ2n) is 9.99. The van der Waals surface area contributed by atoms with E-state index in [0.717, 1.165) is 21.9 Å². The van der Waals surface area contributed by atoms with Crippen LogP contribution in [0.3, 0.4) is 0 Å². The lowest BCUT2D eigenvalue weighted by atomic mass is 10.1. The predicted octanol–water partition coefficient (Wildman–Crippen LogP) is 6.26. The average Bonchev–Trinajstić information content (AvgIpc) is 2.95. The molecular weight excluding hydrogens is 581 g/mol. The van der Waals surface area contributed by atoms with Gasteiger partial charge in [0, 0.05) is 17.6 Å². The van der Waals surface area contributed by atoms with E-state index in [1.807, 2.05) is 58.0 Å². The number of nitrogens with zero attached hydrogens (tertiary/aromatic N) is 2. The minimum absolute atomic E-state index is 0.00401. The molecule has 41 heavy (non-hydrogen) atoms. The average molecular weight is 619 g/mol. The van der Waals surface area contributed by atoms with Crippen LogP contribution in [-0.2, 0) is 26.0 Å². The third-order valence-corrected chi connectivity index (χ3v) is 9.26. The second kappa shape index (κ2) is 14.7. The fraction of sp³-hybridized carbons (Fsp3) is 0.355. The van der Waals surface area contributed by atoms with Crippen LogP contribution in [0.2, 0.25) is 10.0 Å². The van der Waals surface area contributed by atoms with Gasteiger partial charge in [-0.3, -0.25) is 13.9 Å². The van der Waals surface area contributed by atoms with Crippen LogP contribution in [0, 0.1) is 6.92 Å². The van der Waals surface area contributed by atoms with E-state index in [2.05, 4.69) is 5.32 Å². The minimum Gasteiger partial charge on any atom is -0.352 e. The molecule has 0 aromatic heterocycles. The summed E-state index contributed by atoms with van der Waals surface area (Å²) in [6, 6.07) is 19.6. The van der Waals surface area contributed by atoms with Gasteiger partial charge in [0.2, 0.25) is 11.8 Å². The number of hydrogen-bond donors (Lipinski definition) is 1. The fourth-order valence-electron chi connectivity index (χ4n) is 4.36. The van der Waals surface area contributed by atoms with Crippen molar-refractivity contribution in [2.75, 3.05) is 17.4 Å². The number of nitrogens with one attached hydrogen (secondary N) is 1. The van der Waals surface area contributed by atoms with Gasteiger partial charge in [0.05, 0.1) is 15.6 Å². The highest BCUT2D eigenvalue weighted by Gasteiger charge is 2.34. The summed E-state index contributed by atoms with van der Waals surface area (Å²) in [6.45, 7) is 7.20. The molecule has 0 saturated carbocycles. The summed E-state index contributed by atoms with van der Waals surface area (Å²) < 4.78 is 28.9. The minimum atomic E-state index is -4.24. The lowest BCUT2D eigenvalue weighted by molar-refractivity contribution is -0.139. The number of sulfonamides is 1. The zero-order chi connectivity index (χ0) is 30.2. The van der Waals surface area contributed by atoms with Crippen molar-refractivity contribution in [1.82, 2.24) is 10.2 Å². The van der Waals surface area contributed by atoms with Gasteiger partial charge in [-0.25, -0.2) is 8.42 Å². The Morgan fingerprint density at radius 3 is 2.20 bits per heavy atom.